The van der Waals surface area contributed by atoms with Gasteiger partial charge in [-0.1, -0.05) is 0 Å². The first-order valence-corrected chi connectivity index (χ1v) is 7.52. The van der Waals surface area contributed by atoms with Crippen LogP contribution < -0.4 is 5.32 Å². The number of rotatable bonds is 2. The molecule has 0 spiro atoms. The highest BCUT2D eigenvalue weighted by Crippen LogP contribution is 2.21. The Bertz CT molecular complexity index is 1090. The van der Waals surface area contributed by atoms with E-state index in [1.54, 1.807) is 29.6 Å². The van der Waals surface area contributed by atoms with E-state index in [9.17, 15) is 4.79 Å². The normalized spacial score (nSPS) is 11.3. The number of oxazole rings is 1. The van der Waals surface area contributed by atoms with Crippen LogP contribution in [0.3, 0.4) is 0 Å². The van der Waals surface area contributed by atoms with Crippen molar-refractivity contribution in [2.45, 2.75) is 20.8 Å². The molecule has 24 heavy (non-hydrogen) atoms. The third kappa shape index (κ3) is 2.30. The molecule has 1 amide bonds. The predicted octanol–water partition coefficient (Wildman–Crippen LogP) is 3.05. The van der Waals surface area contributed by atoms with Gasteiger partial charge in [-0.25, -0.2) is 14.5 Å². The zero-order chi connectivity index (χ0) is 16.8. The third-order valence-corrected chi connectivity index (χ3v) is 3.77. The Morgan fingerprint density at radius 1 is 1.17 bits per heavy atom. The molecule has 4 rings (SSSR count). The molecule has 0 unspecified atom stereocenters. The number of hydrogen-bond donors (Lipinski definition) is 1. The minimum Gasteiger partial charge on any atom is -0.441 e. The predicted molar refractivity (Wildman–Crippen MR) is 89.2 cm³/mol. The average molecular weight is 321 g/mol. The topological polar surface area (TPSA) is 85.3 Å². The van der Waals surface area contributed by atoms with Crippen molar-refractivity contribution in [3.05, 3.63) is 53.3 Å². The van der Waals surface area contributed by atoms with Crippen LogP contribution in [0.25, 0.3) is 16.7 Å². The van der Waals surface area contributed by atoms with Crippen molar-refractivity contribution in [3.8, 4) is 0 Å². The lowest BCUT2D eigenvalue weighted by atomic mass is 10.2. The first kappa shape index (κ1) is 14.4. The minimum absolute atomic E-state index is 0.262. The zero-order valence-electron chi connectivity index (χ0n) is 13.5. The van der Waals surface area contributed by atoms with Crippen LogP contribution in [0.2, 0.25) is 0 Å². The van der Waals surface area contributed by atoms with Crippen LogP contribution in [0.15, 0.2) is 34.9 Å². The van der Waals surface area contributed by atoms with Crippen molar-refractivity contribution in [1.82, 2.24) is 19.6 Å². The Morgan fingerprint density at radius 3 is 2.83 bits per heavy atom. The van der Waals surface area contributed by atoms with E-state index < -0.39 is 0 Å². The van der Waals surface area contributed by atoms with Crippen LogP contribution in [-0.4, -0.2) is 25.5 Å². The molecule has 0 saturated carbocycles. The number of carbonyl (C=O) groups excluding carboxylic acids is 1. The lowest BCUT2D eigenvalue weighted by molar-refractivity contribution is 0.102. The summed E-state index contributed by atoms with van der Waals surface area (Å²) in [4.78, 5) is 21.3. The number of hydrogen-bond acceptors (Lipinski definition) is 5. The molecule has 0 aliphatic heterocycles. The molecule has 1 aromatic carbocycles. The van der Waals surface area contributed by atoms with Crippen molar-refractivity contribution < 1.29 is 9.21 Å². The summed E-state index contributed by atoms with van der Waals surface area (Å²) in [7, 11) is 0. The van der Waals surface area contributed by atoms with E-state index in [1.807, 2.05) is 19.9 Å². The van der Waals surface area contributed by atoms with Gasteiger partial charge < -0.3 is 9.73 Å². The minimum atomic E-state index is -0.262. The Labute approximate surface area is 137 Å². The van der Waals surface area contributed by atoms with Gasteiger partial charge in [0, 0.05) is 24.0 Å². The van der Waals surface area contributed by atoms with Crippen LogP contribution in [0, 0.1) is 20.8 Å². The van der Waals surface area contributed by atoms with Crippen molar-refractivity contribution in [2.75, 3.05) is 5.32 Å². The molecule has 4 aromatic rings. The molecule has 0 atom stereocenters. The summed E-state index contributed by atoms with van der Waals surface area (Å²) in [5.41, 5.74) is 4.78. The van der Waals surface area contributed by atoms with Crippen molar-refractivity contribution in [1.29, 1.82) is 0 Å². The van der Waals surface area contributed by atoms with E-state index >= 15 is 0 Å². The van der Waals surface area contributed by atoms with Crippen LogP contribution >= 0.6 is 0 Å². The maximum atomic E-state index is 12.6. The number of fused-ring (bicyclic) bond motifs is 2. The SMILES string of the molecule is Cc1cc(C)n2ncc(C(=O)Nc3ccc4oc(C)nc4c3)c2n1. The maximum Gasteiger partial charge on any atom is 0.261 e. The Kier molecular flexibility index (Phi) is 3.09. The van der Waals surface area contributed by atoms with Crippen molar-refractivity contribution in [2.24, 2.45) is 0 Å². The molecule has 7 nitrogen and oxygen atoms in total. The lowest BCUT2D eigenvalue weighted by Gasteiger charge is -2.05. The highest BCUT2D eigenvalue weighted by atomic mass is 16.3. The molecular formula is C17H15N5O2. The Hall–Kier alpha value is -3.22. The molecule has 0 aliphatic carbocycles. The number of aryl methyl sites for hydroxylation is 3. The van der Waals surface area contributed by atoms with Gasteiger partial charge in [0.05, 0.1) is 6.20 Å². The monoisotopic (exact) mass is 321 g/mol. The standard InChI is InChI=1S/C17H15N5O2/c1-9-6-10(2)22-16(19-9)13(8-18-22)17(23)21-12-4-5-15-14(7-12)20-11(3)24-15/h4-8H,1-3H3,(H,21,23). The number of carbonyl (C=O) groups is 1. The molecule has 0 radical (unpaired) electrons. The second-order valence-electron chi connectivity index (χ2n) is 5.70. The molecule has 0 aliphatic rings. The number of nitrogens with one attached hydrogen (secondary N) is 1. The largest absolute Gasteiger partial charge is 0.441 e. The first-order chi connectivity index (χ1) is 11.5. The van der Waals surface area contributed by atoms with Gasteiger partial charge in [-0.05, 0) is 38.1 Å². The smallest absolute Gasteiger partial charge is 0.261 e. The summed E-state index contributed by atoms with van der Waals surface area (Å²) in [6.07, 6.45) is 1.53. The van der Waals surface area contributed by atoms with E-state index in [2.05, 4.69) is 20.4 Å². The van der Waals surface area contributed by atoms with Gasteiger partial charge in [0.25, 0.3) is 5.91 Å². The molecule has 3 heterocycles. The fraction of sp³-hybridized carbons (Fsp3) is 0.176. The number of anilines is 1. The third-order valence-electron chi connectivity index (χ3n) is 3.77. The Morgan fingerprint density at radius 2 is 2.00 bits per heavy atom. The van der Waals surface area contributed by atoms with Crippen molar-refractivity contribution in [3.63, 3.8) is 0 Å². The highest BCUT2D eigenvalue weighted by Gasteiger charge is 2.16. The quantitative estimate of drug-likeness (QED) is 0.613. The van der Waals surface area contributed by atoms with E-state index in [0.717, 1.165) is 11.4 Å². The fourth-order valence-corrected chi connectivity index (χ4v) is 2.75. The summed E-state index contributed by atoms with van der Waals surface area (Å²) in [6.45, 7) is 5.60. The summed E-state index contributed by atoms with van der Waals surface area (Å²) in [5.74, 6) is 0.327. The first-order valence-electron chi connectivity index (χ1n) is 7.52. The van der Waals surface area contributed by atoms with Crippen LogP contribution in [0.1, 0.15) is 27.6 Å². The second kappa shape index (κ2) is 5.16. The molecule has 120 valence electrons. The van der Waals surface area contributed by atoms with Crippen LogP contribution in [0.4, 0.5) is 5.69 Å². The lowest BCUT2D eigenvalue weighted by Crippen LogP contribution is -2.12. The van der Waals surface area contributed by atoms with E-state index in [1.165, 1.54) is 6.20 Å². The molecule has 7 heteroatoms. The van der Waals surface area contributed by atoms with E-state index in [4.69, 9.17) is 4.42 Å². The van der Waals surface area contributed by atoms with Gasteiger partial charge in [-0.15, -0.1) is 0 Å². The molecule has 0 bridgehead atoms. The Balaban J connectivity index is 1.70. The van der Waals surface area contributed by atoms with Crippen LogP contribution in [-0.2, 0) is 0 Å². The number of aromatic nitrogens is 4. The van der Waals surface area contributed by atoms with Gasteiger partial charge in [0.1, 0.15) is 11.1 Å². The average Bonchev–Trinajstić information content (AvgIpc) is 3.09. The maximum absolute atomic E-state index is 12.6. The second-order valence-corrected chi connectivity index (χ2v) is 5.70. The summed E-state index contributed by atoms with van der Waals surface area (Å²) in [5, 5.41) is 7.10. The van der Waals surface area contributed by atoms with Gasteiger partial charge in [0.2, 0.25) is 0 Å². The van der Waals surface area contributed by atoms with Crippen LogP contribution in [0.5, 0.6) is 0 Å². The van der Waals surface area contributed by atoms with Gasteiger partial charge in [-0.3, -0.25) is 4.79 Å². The van der Waals surface area contributed by atoms with E-state index in [-0.39, 0.29) is 5.91 Å². The fourth-order valence-electron chi connectivity index (χ4n) is 2.75. The van der Waals surface area contributed by atoms with Gasteiger partial charge in [-0.2, -0.15) is 5.10 Å². The summed E-state index contributed by atoms with van der Waals surface area (Å²) in [6, 6.07) is 7.26. The van der Waals surface area contributed by atoms with Gasteiger partial charge >= 0.3 is 0 Å². The number of amides is 1. The van der Waals surface area contributed by atoms with Crippen molar-refractivity contribution >= 4 is 28.3 Å². The molecule has 0 fully saturated rings. The van der Waals surface area contributed by atoms with E-state index in [0.29, 0.717) is 33.9 Å². The number of benzene rings is 1. The molecule has 1 N–H and O–H groups in total. The summed E-state index contributed by atoms with van der Waals surface area (Å²) < 4.78 is 7.10. The summed E-state index contributed by atoms with van der Waals surface area (Å²) >= 11 is 0. The number of nitrogens with zero attached hydrogens (tertiary/aromatic N) is 4. The molecular weight excluding hydrogens is 306 g/mol. The molecule has 3 aromatic heterocycles. The molecule has 0 saturated heterocycles. The highest BCUT2D eigenvalue weighted by molar-refractivity contribution is 6.08. The zero-order valence-corrected chi connectivity index (χ0v) is 13.5. The van der Waals surface area contributed by atoms with Gasteiger partial charge in [0.15, 0.2) is 17.1 Å².